The first-order chi connectivity index (χ1) is 7.59. The van der Waals surface area contributed by atoms with Gasteiger partial charge in [0.2, 0.25) is 0 Å². The molecule has 0 spiro atoms. The molecule has 1 aromatic carbocycles. The molecule has 0 fully saturated rings. The van der Waals surface area contributed by atoms with E-state index in [9.17, 15) is 0 Å². The minimum atomic E-state index is 0.697. The van der Waals surface area contributed by atoms with Crippen LogP contribution in [0.5, 0.6) is 0 Å². The lowest BCUT2D eigenvalue weighted by Crippen LogP contribution is -1.95. The van der Waals surface area contributed by atoms with Crippen molar-refractivity contribution in [2.75, 3.05) is 0 Å². The minimum absolute atomic E-state index is 0.697. The van der Waals surface area contributed by atoms with E-state index in [1.165, 1.54) is 5.57 Å². The van der Waals surface area contributed by atoms with Gasteiger partial charge in [-0.3, -0.25) is 0 Å². The van der Waals surface area contributed by atoms with Crippen molar-refractivity contribution >= 4 is 5.70 Å². The normalized spacial score (nSPS) is 13.2. The predicted molar refractivity (Wildman–Crippen MR) is 71.8 cm³/mol. The van der Waals surface area contributed by atoms with Gasteiger partial charge in [0.25, 0.3) is 0 Å². The Morgan fingerprint density at radius 2 is 1.81 bits per heavy atom. The zero-order valence-electron chi connectivity index (χ0n) is 10.4. The Morgan fingerprint density at radius 3 is 2.38 bits per heavy atom. The molecule has 0 heterocycles. The van der Waals surface area contributed by atoms with E-state index in [1.807, 2.05) is 36.4 Å². The number of benzene rings is 1. The smallest absolute Gasteiger partial charge is 0.0387 e. The molecule has 86 valence electrons. The van der Waals surface area contributed by atoms with E-state index in [-0.39, 0.29) is 0 Å². The zero-order chi connectivity index (χ0) is 12.0. The number of hydrogen-bond acceptors (Lipinski definition) is 1. The molecular weight excluding hydrogens is 194 g/mol. The Labute approximate surface area is 98.7 Å². The van der Waals surface area contributed by atoms with E-state index in [4.69, 9.17) is 5.73 Å². The second-order valence-corrected chi connectivity index (χ2v) is 4.60. The molecule has 0 aromatic heterocycles. The van der Waals surface area contributed by atoms with Crippen LogP contribution in [-0.4, -0.2) is 0 Å². The summed E-state index contributed by atoms with van der Waals surface area (Å²) >= 11 is 0. The maximum atomic E-state index is 5.99. The summed E-state index contributed by atoms with van der Waals surface area (Å²) in [6, 6.07) is 10.0. The Balaban J connectivity index is 2.71. The molecule has 1 heteroatoms. The largest absolute Gasteiger partial charge is 0.398 e. The molecule has 1 nitrogen and oxygen atoms in total. The summed E-state index contributed by atoms with van der Waals surface area (Å²) in [5.41, 5.74) is 9.26. The summed E-state index contributed by atoms with van der Waals surface area (Å²) < 4.78 is 0. The fourth-order valence-electron chi connectivity index (χ4n) is 1.67. The monoisotopic (exact) mass is 215 g/mol. The van der Waals surface area contributed by atoms with Gasteiger partial charge in [-0.25, -0.2) is 0 Å². The summed E-state index contributed by atoms with van der Waals surface area (Å²) in [6.07, 6.45) is 5.23. The van der Waals surface area contributed by atoms with Crippen molar-refractivity contribution < 1.29 is 0 Å². The third-order valence-electron chi connectivity index (χ3n) is 2.38. The van der Waals surface area contributed by atoms with Gasteiger partial charge in [0, 0.05) is 5.70 Å². The molecule has 0 aliphatic rings. The quantitative estimate of drug-likeness (QED) is 0.755. The van der Waals surface area contributed by atoms with Crippen LogP contribution in [0.2, 0.25) is 0 Å². The van der Waals surface area contributed by atoms with Crippen LogP contribution in [-0.2, 0) is 0 Å². The first-order valence-electron chi connectivity index (χ1n) is 5.78. The molecule has 0 atom stereocenters. The van der Waals surface area contributed by atoms with E-state index in [2.05, 4.69) is 26.8 Å². The van der Waals surface area contributed by atoms with Gasteiger partial charge >= 0.3 is 0 Å². The van der Waals surface area contributed by atoms with Gasteiger partial charge in [0.1, 0.15) is 0 Å². The summed E-state index contributed by atoms with van der Waals surface area (Å²) in [4.78, 5) is 0. The average Bonchev–Trinajstić information content (AvgIpc) is 2.26. The fraction of sp³-hybridized carbons (Fsp3) is 0.333. The third-order valence-corrected chi connectivity index (χ3v) is 2.38. The van der Waals surface area contributed by atoms with Gasteiger partial charge in [-0.1, -0.05) is 55.8 Å². The highest BCUT2D eigenvalue weighted by Crippen LogP contribution is 2.12. The topological polar surface area (TPSA) is 26.0 Å². The molecule has 1 rings (SSSR count). The molecule has 0 amide bonds. The summed E-state index contributed by atoms with van der Waals surface area (Å²) in [5, 5.41) is 0. The first kappa shape index (κ1) is 12.6. The van der Waals surface area contributed by atoms with Crippen LogP contribution < -0.4 is 5.73 Å². The van der Waals surface area contributed by atoms with Gasteiger partial charge in [-0.05, 0) is 30.9 Å². The van der Waals surface area contributed by atoms with Gasteiger partial charge in [-0.15, -0.1) is 0 Å². The van der Waals surface area contributed by atoms with Crippen LogP contribution in [0.3, 0.4) is 0 Å². The highest BCUT2D eigenvalue weighted by molar-refractivity contribution is 5.64. The summed E-state index contributed by atoms with van der Waals surface area (Å²) in [6.45, 7) is 6.60. The van der Waals surface area contributed by atoms with Crippen LogP contribution in [0.25, 0.3) is 5.70 Å². The third kappa shape index (κ3) is 4.35. The van der Waals surface area contributed by atoms with Crippen molar-refractivity contribution in [1.82, 2.24) is 0 Å². The standard InChI is InChI=1S/C15H21N/c1-12(2)11-13(3)9-10-15(16)14-7-5-4-6-8-14/h4-10,12H,11,16H2,1-3H3/b13-9+,15-10-. The van der Waals surface area contributed by atoms with Crippen molar-refractivity contribution in [3.05, 3.63) is 53.6 Å². The second-order valence-electron chi connectivity index (χ2n) is 4.60. The molecule has 0 aliphatic heterocycles. The molecule has 0 saturated carbocycles. The molecule has 0 aliphatic carbocycles. The van der Waals surface area contributed by atoms with Gasteiger partial charge in [-0.2, -0.15) is 0 Å². The average molecular weight is 215 g/mol. The van der Waals surface area contributed by atoms with E-state index in [0.29, 0.717) is 5.92 Å². The maximum Gasteiger partial charge on any atom is 0.0387 e. The molecule has 0 bridgehead atoms. The summed E-state index contributed by atoms with van der Waals surface area (Å²) in [5.74, 6) is 0.697. The lowest BCUT2D eigenvalue weighted by atomic mass is 10.0. The number of rotatable bonds is 4. The second kappa shape index (κ2) is 6.16. The highest BCUT2D eigenvalue weighted by Gasteiger charge is 1.95. The van der Waals surface area contributed by atoms with Crippen LogP contribution in [0.15, 0.2) is 48.1 Å². The molecule has 0 saturated heterocycles. The highest BCUT2D eigenvalue weighted by atomic mass is 14.6. The van der Waals surface area contributed by atoms with Crippen LogP contribution in [0.4, 0.5) is 0 Å². The Bertz CT molecular complexity index is 372. The Kier molecular flexibility index (Phi) is 4.84. The van der Waals surface area contributed by atoms with Gasteiger partial charge in [0.15, 0.2) is 0 Å². The van der Waals surface area contributed by atoms with Crippen molar-refractivity contribution in [2.24, 2.45) is 11.7 Å². The first-order valence-corrected chi connectivity index (χ1v) is 5.78. The van der Waals surface area contributed by atoms with Gasteiger partial charge < -0.3 is 5.73 Å². The molecule has 1 aromatic rings. The lowest BCUT2D eigenvalue weighted by Gasteiger charge is -2.04. The van der Waals surface area contributed by atoms with Crippen molar-refractivity contribution in [1.29, 1.82) is 0 Å². The van der Waals surface area contributed by atoms with Crippen molar-refractivity contribution in [2.45, 2.75) is 27.2 Å². The Morgan fingerprint density at radius 1 is 1.19 bits per heavy atom. The van der Waals surface area contributed by atoms with Crippen LogP contribution in [0.1, 0.15) is 32.8 Å². The number of allylic oxidation sites excluding steroid dienone is 3. The maximum absolute atomic E-state index is 5.99. The zero-order valence-corrected chi connectivity index (χ0v) is 10.4. The molecule has 16 heavy (non-hydrogen) atoms. The van der Waals surface area contributed by atoms with Crippen LogP contribution >= 0.6 is 0 Å². The fourth-order valence-corrected chi connectivity index (χ4v) is 1.67. The molecule has 0 unspecified atom stereocenters. The minimum Gasteiger partial charge on any atom is -0.398 e. The van der Waals surface area contributed by atoms with Crippen molar-refractivity contribution in [3.8, 4) is 0 Å². The van der Waals surface area contributed by atoms with E-state index >= 15 is 0 Å². The van der Waals surface area contributed by atoms with E-state index in [0.717, 1.165) is 17.7 Å². The number of nitrogens with two attached hydrogens (primary N) is 1. The lowest BCUT2D eigenvalue weighted by molar-refractivity contribution is 0.642. The SMILES string of the molecule is C/C(=C\C=C(/N)c1ccccc1)CC(C)C. The van der Waals surface area contributed by atoms with E-state index < -0.39 is 0 Å². The predicted octanol–water partition coefficient (Wildman–Crippen LogP) is 3.98. The van der Waals surface area contributed by atoms with E-state index in [1.54, 1.807) is 0 Å². The van der Waals surface area contributed by atoms with Crippen molar-refractivity contribution in [3.63, 3.8) is 0 Å². The molecule has 0 radical (unpaired) electrons. The van der Waals surface area contributed by atoms with Gasteiger partial charge in [0.05, 0.1) is 0 Å². The summed E-state index contributed by atoms with van der Waals surface area (Å²) in [7, 11) is 0. The van der Waals surface area contributed by atoms with Crippen LogP contribution in [0, 0.1) is 5.92 Å². The molecular formula is C15H21N. The molecule has 2 N–H and O–H groups in total. The number of hydrogen-bond donors (Lipinski definition) is 1. The Hall–Kier alpha value is -1.50.